The Labute approximate surface area is 136 Å². The van der Waals surface area contributed by atoms with Crippen molar-refractivity contribution in [2.45, 2.75) is 13.0 Å². The van der Waals surface area contributed by atoms with E-state index in [2.05, 4.69) is 22.9 Å². The predicted molar refractivity (Wildman–Crippen MR) is 91.3 cm³/mol. The van der Waals surface area contributed by atoms with Gasteiger partial charge in [-0.2, -0.15) is 0 Å². The third-order valence-corrected chi connectivity index (χ3v) is 4.42. The van der Waals surface area contributed by atoms with Gasteiger partial charge < -0.3 is 15.5 Å². The minimum absolute atomic E-state index is 0.162. The summed E-state index contributed by atoms with van der Waals surface area (Å²) >= 11 is 0. The van der Waals surface area contributed by atoms with E-state index in [0.29, 0.717) is 0 Å². The number of carbonyl (C=O) groups is 1. The minimum Gasteiger partial charge on any atom is -0.353 e. The molecule has 1 atom stereocenters. The van der Waals surface area contributed by atoms with Crippen LogP contribution in [0.15, 0.2) is 42.6 Å². The lowest BCUT2D eigenvalue weighted by Crippen LogP contribution is -2.46. The van der Waals surface area contributed by atoms with Crippen molar-refractivity contribution >= 4 is 12.2 Å². The van der Waals surface area contributed by atoms with Gasteiger partial charge in [-0.05, 0) is 29.7 Å². The molecule has 23 heavy (non-hydrogen) atoms. The van der Waals surface area contributed by atoms with Crippen LogP contribution in [0.3, 0.4) is 0 Å². The van der Waals surface area contributed by atoms with E-state index in [-0.39, 0.29) is 6.04 Å². The molecule has 1 aromatic heterocycles. The average Bonchev–Trinajstić information content (AvgIpc) is 2.62. The second kappa shape index (κ2) is 6.79. The zero-order valence-corrected chi connectivity index (χ0v) is 13.4. The molecular formula is C18H22N4O. The topological polar surface area (TPSA) is 62.5 Å². The van der Waals surface area contributed by atoms with Crippen molar-refractivity contribution in [1.29, 1.82) is 0 Å². The van der Waals surface area contributed by atoms with E-state index in [1.54, 1.807) is 4.90 Å². The van der Waals surface area contributed by atoms with Crippen molar-refractivity contribution in [3.8, 4) is 0 Å². The van der Waals surface area contributed by atoms with Crippen molar-refractivity contribution < 1.29 is 4.79 Å². The highest BCUT2D eigenvalue weighted by molar-refractivity contribution is 5.50. The summed E-state index contributed by atoms with van der Waals surface area (Å²) in [5, 5.41) is 0. The van der Waals surface area contributed by atoms with Gasteiger partial charge in [0.1, 0.15) is 5.82 Å². The molecule has 0 bridgehead atoms. The van der Waals surface area contributed by atoms with Gasteiger partial charge in [-0.15, -0.1) is 0 Å². The van der Waals surface area contributed by atoms with E-state index in [9.17, 15) is 4.79 Å². The molecule has 2 N–H and O–H groups in total. The molecule has 1 amide bonds. The molecule has 1 aliphatic rings. The third kappa shape index (κ3) is 3.35. The molecule has 0 aliphatic carbocycles. The van der Waals surface area contributed by atoms with Crippen LogP contribution in [0, 0.1) is 6.92 Å². The van der Waals surface area contributed by atoms with Crippen LogP contribution in [-0.2, 0) is 4.79 Å². The number of pyridine rings is 1. The second-order valence-corrected chi connectivity index (χ2v) is 5.92. The van der Waals surface area contributed by atoms with Gasteiger partial charge >= 0.3 is 0 Å². The fourth-order valence-corrected chi connectivity index (χ4v) is 2.95. The summed E-state index contributed by atoms with van der Waals surface area (Å²) in [6.07, 6.45) is 2.80. The number of benzene rings is 1. The van der Waals surface area contributed by atoms with Gasteiger partial charge in [0.15, 0.2) is 0 Å². The number of anilines is 1. The largest absolute Gasteiger partial charge is 0.353 e. The van der Waals surface area contributed by atoms with Gasteiger partial charge in [0, 0.05) is 32.4 Å². The Bertz CT molecular complexity index is 666. The molecule has 3 rings (SSSR count). The monoisotopic (exact) mass is 310 g/mol. The lowest BCUT2D eigenvalue weighted by atomic mass is 9.97. The highest BCUT2D eigenvalue weighted by atomic mass is 16.1. The van der Waals surface area contributed by atoms with Crippen molar-refractivity contribution in [2.75, 3.05) is 31.1 Å². The van der Waals surface area contributed by atoms with Crippen molar-refractivity contribution in [1.82, 2.24) is 9.88 Å². The number of nitrogens with zero attached hydrogens (tertiary/aromatic N) is 3. The molecule has 1 saturated heterocycles. The summed E-state index contributed by atoms with van der Waals surface area (Å²) in [4.78, 5) is 19.4. The quantitative estimate of drug-likeness (QED) is 0.874. The first kappa shape index (κ1) is 15.5. The standard InChI is InChI=1S/C18H22N4O/c1-14-11-17(22-9-7-21(13-23)8-10-22)20-12-16(14)18(19)15-5-3-2-4-6-15/h2-6,11-13,18H,7-10,19H2,1H3/t18-/m0/s1. The van der Waals surface area contributed by atoms with Gasteiger partial charge in [-0.3, -0.25) is 4.79 Å². The summed E-state index contributed by atoms with van der Waals surface area (Å²) in [7, 11) is 0. The fourth-order valence-electron chi connectivity index (χ4n) is 2.95. The maximum absolute atomic E-state index is 10.8. The van der Waals surface area contributed by atoms with Gasteiger partial charge in [0.05, 0.1) is 6.04 Å². The summed E-state index contributed by atoms with van der Waals surface area (Å²) < 4.78 is 0. The van der Waals surface area contributed by atoms with Crippen LogP contribution < -0.4 is 10.6 Å². The SMILES string of the molecule is Cc1cc(N2CCN(C=O)CC2)ncc1[C@@H](N)c1ccccc1. The van der Waals surface area contributed by atoms with Crippen LogP contribution in [0.2, 0.25) is 0 Å². The number of carbonyl (C=O) groups excluding carboxylic acids is 1. The van der Waals surface area contributed by atoms with E-state index >= 15 is 0 Å². The molecule has 2 aromatic rings. The smallest absolute Gasteiger partial charge is 0.209 e. The van der Waals surface area contributed by atoms with E-state index < -0.39 is 0 Å². The molecule has 120 valence electrons. The fraction of sp³-hybridized carbons (Fsp3) is 0.333. The lowest BCUT2D eigenvalue weighted by molar-refractivity contribution is -0.118. The number of nitrogens with two attached hydrogens (primary N) is 1. The zero-order valence-electron chi connectivity index (χ0n) is 13.4. The molecule has 0 saturated carbocycles. The number of piperazine rings is 1. The Balaban J connectivity index is 1.77. The van der Waals surface area contributed by atoms with Gasteiger partial charge in [-0.1, -0.05) is 30.3 Å². The zero-order chi connectivity index (χ0) is 16.2. The maximum Gasteiger partial charge on any atom is 0.209 e. The Morgan fingerprint density at radius 2 is 1.87 bits per heavy atom. The molecular weight excluding hydrogens is 288 g/mol. The summed E-state index contributed by atoms with van der Waals surface area (Å²) in [5.74, 6) is 0.956. The molecule has 1 aliphatic heterocycles. The molecule has 5 nitrogen and oxygen atoms in total. The molecule has 5 heteroatoms. The van der Waals surface area contributed by atoms with Gasteiger partial charge in [0.25, 0.3) is 0 Å². The number of aryl methyl sites for hydroxylation is 1. The van der Waals surface area contributed by atoms with Crippen LogP contribution >= 0.6 is 0 Å². The Hall–Kier alpha value is -2.40. The highest BCUT2D eigenvalue weighted by Crippen LogP contribution is 2.25. The van der Waals surface area contributed by atoms with Crippen LogP contribution in [0.25, 0.3) is 0 Å². The summed E-state index contributed by atoms with van der Waals surface area (Å²) in [5.41, 5.74) is 9.66. The Morgan fingerprint density at radius 1 is 1.17 bits per heavy atom. The van der Waals surface area contributed by atoms with Crippen molar-refractivity contribution in [2.24, 2.45) is 5.73 Å². The van der Waals surface area contributed by atoms with Crippen molar-refractivity contribution in [3.05, 3.63) is 59.3 Å². The molecule has 1 fully saturated rings. The third-order valence-electron chi connectivity index (χ3n) is 4.42. The van der Waals surface area contributed by atoms with E-state index in [1.165, 1.54) is 0 Å². The number of hydrogen-bond acceptors (Lipinski definition) is 4. The van der Waals surface area contributed by atoms with E-state index in [0.717, 1.165) is 55.1 Å². The molecule has 0 spiro atoms. The maximum atomic E-state index is 10.8. The number of hydrogen-bond donors (Lipinski definition) is 1. The Kier molecular flexibility index (Phi) is 4.57. The number of amides is 1. The van der Waals surface area contributed by atoms with Crippen LogP contribution in [-0.4, -0.2) is 42.5 Å². The normalized spacial score (nSPS) is 16.3. The highest BCUT2D eigenvalue weighted by Gasteiger charge is 2.18. The Morgan fingerprint density at radius 3 is 2.48 bits per heavy atom. The molecule has 1 aromatic carbocycles. The van der Waals surface area contributed by atoms with Gasteiger partial charge in [-0.25, -0.2) is 4.98 Å². The van der Waals surface area contributed by atoms with Gasteiger partial charge in [0.2, 0.25) is 6.41 Å². The van der Waals surface area contributed by atoms with Crippen LogP contribution in [0.1, 0.15) is 22.7 Å². The number of rotatable bonds is 4. The van der Waals surface area contributed by atoms with Crippen molar-refractivity contribution in [3.63, 3.8) is 0 Å². The van der Waals surface area contributed by atoms with Crippen LogP contribution in [0.5, 0.6) is 0 Å². The predicted octanol–water partition coefficient (Wildman–Crippen LogP) is 1.72. The summed E-state index contributed by atoms with van der Waals surface area (Å²) in [6.45, 7) is 5.19. The molecule has 0 unspecified atom stereocenters. The van der Waals surface area contributed by atoms with E-state index in [4.69, 9.17) is 5.73 Å². The summed E-state index contributed by atoms with van der Waals surface area (Å²) in [6, 6.07) is 12.0. The molecule has 0 radical (unpaired) electrons. The second-order valence-electron chi connectivity index (χ2n) is 5.92. The lowest BCUT2D eigenvalue weighted by Gasteiger charge is -2.33. The average molecular weight is 310 g/mol. The first-order valence-corrected chi connectivity index (χ1v) is 7.90. The van der Waals surface area contributed by atoms with Crippen LogP contribution in [0.4, 0.5) is 5.82 Å². The van der Waals surface area contributed by atoms with E-state index in [1.807, 2.05) is 36.5 Å². The number of aromatic nitrogens is 1. The molecule has 2 heterocycles. The first-order chi connectivity index (χ1) is 11.2. The first-order valence-electron chi connectivity index (χ1n) is 7.90. The minimum atomic E-state index is -0.162.